The second-order valence-electron chi connectivity index (χ2n) is 3.89. The molecule has 2 N–H and O–H groups in total. The summed E-state index contributed by atoms with van der Waals surface area (Å²) < 4.78 is 1.44. The Labute approximate surface area is 108 Å². The van der Waals surface area contributed by atoms with Gasteiger partial charge >= 0.3 is 5.97 Å². The maximum atomic E-state index is 11.4. The molecular formula is C12H12N4O3. The molecule has 0 saturated heterocycles. The van der Waals surface area contributed by atoms with E-state index in [1.54, 1.807) is 19.2 Å². The average molecular weight is 260 g/mol. The van der Waals surface area contributed by atoms with Crippen LogP contribution < -0.4 is 5.32 Å². The van der Waals surface area contributed by atoms with Gasteiger partial charge in [-0.25, -0.2) is 14.5 Å². The van der Waals surface area contributed by atoms with Crippen LogP contribution in [0.25, 0.3) is 5.82 Å². The lowest BCUT2D eigenvalue weighted by Crippen LogP contribution is -2.18. The van der Waals surface area contributed by atoms with Gasteiger partial charge in [0.2, 0.25) is 0 Å². The van der Waals surface area contributed by atoms with Gasteiger partial charge in [-0.05, 0) is 24.6 Å². The van der Waals surface area contributed by atoms with Crippen LogP contribution in [0, 0.1) is 6.92 Å². The molecule has 0 aromatic carbocycles. The third-order valence-corrected chi connectivity index (χ3v) is 2.56. The molecule has 0 bridgehead atoms. The second kappa shape index (κ2) is 4.89. The van der Waals surface area contributed by atoms with Crippen LogP contribution in [0.4, 0.5) is 0 Å². The lowest BCUT2D eigenvalue weighted by Gasteiger charge is -2.05. The number of pyridine rings is 1. The third-order valence-electron chi connectivity index (χ3n) is 2.56. The Morgan fingerprint density at radius 3 is 2.74 bits per heavy atom. The van der Waals surface area contributed by atoms with E-state index in [-0.39, 0.29) is 17.2 Å². The molecule has 2 aromatic rings. The zero-order valence-electron chi connectivity index (χ0n) is 10.4. The van der Waals surface area contributed by atoms with E-state index in [0.717, 1.165) is 0 Å². The first-order valence-corrected chi connectivity index (χ1v) is 5.51. The zero-order chi connectivity index (χ0) is 14.0. The van der Waals surface area contributed by atoms with Crippen molar-refractivity contribution in [3.63, 3.8) is 0 Å². The number of nitrogens with one attached hydrogen (secondary N) is 1. The Morgan fingerprint density at radius 1 is 1.42 bits per heavy atom. The SMILES string of the molecule is CNC(=O)c1ccn(-c2ncc(C(=O)O)cc2C)n1. The molecule has 2 heterocycles. The summed E-state index contributed by atoms with van der Waals surface area (Å²) in [6.07, 6.45) is 2.85. The number of rotatable bonds is 3. The van der Waals surface area contributed by atoms with Crippen molar-refractivity contribution in [3.05, 3.63) is 41.3 Å². The number of carbonyl (C=O) groups excluding carboxylic acids is 1. The largest absolute Gasteiger partial charge is 0.478 e. The van der Waals surface area contributed by atoms with Crippen molar-refractivity contribution in [2.45, 2.75) is 6.92 Å². The minimum absolute atomic E-state index is 0.111. The number of nitrogens with zero attached hydrogens (tertiary/aromatic N) is 3. The Bertz CT molecular complexity index is 648. The first-order valence-electron chi connectivity index (χ1n) is 5.51. The number of aromatic nitrogens is 3. The van der Waals surface area contributed by atoms with Gasteiger partial charge < -0.3 is 10.4 Å². The summed E-state index contributed by atoms with van der Waals surface area (Å²) in [6, 6.07) is 3.07. The van der Waals surface area contributed by atoms with Crippen LogP contribution in [0.2, 0.25) is 0 Å². The van der Waals surface area contributed by atoms with Gasteiger partial charge in [0, 0.05) is 19.4 Å². The lowest BCUT2D eigenvalue weighted by atomic mass is 10.2. The third kappa shape index (κ3) is 2.44. The Hall–Kier alpha value is -2.70. The Balaban J connectivity index is 2.39. The molecule has 7 nitrogen and oxygen atoms in total. The van der Waals surface area contributed by atoms with E-state index in [4.69, 9.17) is 5.11 Å². The predicted octanol–water partition coefficient (Wildman–Crippen LogP) is 0.634. The van der Waals surface area contributed by atoms with Crippen molar-refractivity contribution in [2.75, 3.05) is 7.05 Å². The molecule has 0 spiro atoms. The van der Waals surface area contributed by atoms with E-state index in [9.17, 15) is 9.59 Å². The molecule has 19 heavy (non-hydrogen) atoms. The molecular weight excluding hydrogens is 248 g/mol. The minimum atomic E-state index is -1.03. The number of aryl methyl sites for hydroxylation is 1. The van der Waals surface area contributed by atoms with Gasteiger partial charge in [-0.1, -0.05) is 0 Å². The van der Waals surface area contributed by atoms with Crippen LogP contribution in [0.5, 0.6) is 0 Å². The Morgan fingerprint density at radius 2 is 2.16 bits per heavy atom. The molecule has 1 amide bonds. The highest BCUT2D eigenvalue weighted by Crippen LogP contribution is 2.12. The highest BCUT2D eigenvalue weighted by atomic mass is 16.4. The summed E-state index contributed by atoms with van der Waals surface area (Å²) in [5, 5.41) is 15.4. The molecule has 98 valence electrons. The maximum absolute atomic E-state index is 11.4. The normalized spacial score (nSPS) is 10.2. The number of carboxylic acids is 1. The van der Waals surface area contributed by atoms with Crippen molar-refractivity contribution in [1.82, 2.24) is 20.1 Å². The number of hydrogen-bond donors (Lipinski definition) is 2. The number of amides is 1. The van der Waals surface area contributed by atoms with Gasteiger partial charge in [0.25, 0.3) is 5.91 Å². The Kier molecular flexibility index (Phi) is 3.28. The quantitative estimate of drug-likeness (QED) is 0.843. The summed E-state index contributed by atoms with van der Waals surface area (Å²) in [6.45, 7) is 1.73. The van der Waals surface area contributed by atoms with Crippen molar-refractivity contribution in [3.8, 4) is 5.82 Å². The van der Waals surface area contributed by atoms with Gasteiger partial charge in [-0.2, -0.15) is 5.10 Å². The van der Waals surface area contributed by atoms with Crippen molar-refractivity contribution >= 4 is 11.9 Å². The van der Waals surface area contributed by atoms with Gasteiger partial charge in [0.05, 0.1) is 5.56 Å². The van der Waals surface area contributed by atoms with Crippen LogP contribution in [-0.4, -0.2) is 38.8 Å². The minimum Gasteiger partial charge on any atom is -0.478 e. The molecule has 0 fully saturated rings. The molecule has 0 aliphatic carbocycles. The van der Waals surface area contributed by atoms with Crippen LogP contribution in [0.1, 0.15) is 26.4 Å². The summed E-state index contributed by atoms with van der Waals surface area (Å²) in [5.74, 6) is -0.840. The molecule has 0 saturated carbocycles. The molecule has 2 rings (SSSR count). The van der Waals surface area contributed by atoms with Crippen molar-refractivity contribution in [1.29, 1.82) is 0 Å². The first-order chi connectivity index (χ1) is 9.02. The van der Waals surface area contributed by atoms with Crippen molar-refractivity contribution in [2.24, 2.45) is 0 Å². The van der Waals surface area contributed by atoms with E-state index in [1.807, 2.05) is 0 Å². The summed E-state index contributed by atoms with van der Waals surface area (Å²) in [5.41, 5.74) is 1.04. The summed E-state index contributed by atoms with van der Waals surface area (Å²) >= 11 is 0. The number of hydrogen-bond acceptors (Lipinski definition) is 4. The van der Waals surface area contributed by atoms with Gasteiger partial charge in [-0.3, -0.25) is 4.79 Å². The molecule has 0 radical (unpaired) electrons. The van der Waals surface area contributed by atoms with Gasteiger partial charge in [-0.15, -0.1) is 0 Å². The van der Waals surface area contributed by atoms with Gasteiger partial charge in [0.15, 0.2) is 11.5 Å². The fourth-order valence-corrected chi connectivity index (χ4v) is 1.62. The zero-order valence-corrected chi connectivity index (χ0v) is 10.4. The topological polar surface area (TPSA) is 97.1 Å². The van der Waals surface area contributed by atoms with E-state index in [1.165, 1.54) is 24.0 Å². The first kappa shape index (κ1) is 12.7. The fourth-order valence-electron chi connectivity index (χ4n) is 1.62. The summed E-state index contributed by atoms with van der Waals surface area (Å²) in [4.78, 5) is 26.3. The standard InChI is InChI=1S/C12H12N4O3/c1-7-5-8(12(18)19)6-14-10(7)16-4-3-9(15-16)11(17)13-2/h3-6H,1-2H3,(H,13,17)(H,18,19). The van der Waals surface area contributed by atoms with Crippen LogP contribution in [-0.2, 0) is 0 Å². The van der Waals surface area contributed by atoms with Crippen molar-refractivity contribution < 1.29 is 14.7 Å². The fraction of sp³-hybridized carbons (Fsp3) is 0.167. The number of aromatic carboxylic acids is 1. The maximum Gasteiger partial charge on any atom is 0.337 e. The molecule has 0 aliphatic heterocycles. The molecule has 0 atom stereocenters. The van der Waals surface area contributed by atoms with Crippen LogP contribution >= 0.6 is 0 Å². The molecule has 2 aromatic heterocycles. The second-order valence-corrected chi connectivity index (χ2v) is 3.89. The number of carboxylic acid groups (broad SMARTS) is 1. The van der Waals surface area contributed by atoms with E-state index < -0.39 is 5.97 Å². The molecule has 7 heteroatoms. The average Bonchev–Trinajstić information content (AvgIpc) is 2.87. The highest BCUT2D eigenvalue weighted by Gasteiger charge is 2.12. The smallest absolute Gasteiger partial charge is 0.337 e. The van der Waals surface area contributed by atoms with E-state index >= 15 is 0 Å². The van der Waals surface area contributed by atoms with Crippen LogP contribution in [0.15, 0.2) is 24.5 Å². The van der Waals surface area contributed by atoms with Gasteiger partial charge in [0.1, 0.15) is 0 Å². The lowest BCUT2D eigenvalue weighted by molar-refractivity contribution is 0.0696. The monoisotopic (exact) mass is 260 g/mol. The van der Waals surface area contributed by atoms with E-state index in [2.05, 4.69) is 15.4 Å². The number of carbonyl (C=O) groups is 2. The predicted molar refractivity (Wildman–Crippen MR) is 66.4 cm³/mol. The molecule has 0 aliphatic rings. The van der Waals surface area contributed by atoms with Crippen LogP contribution in [0.3, 0.4) is 0 Å². The summed E-state index contributed by atoms with van der Waals surface area (Å²) in [7, 11) is 1.52. The highest BCUT2D eigenvalue weighted by molar-refractivity contribution is 5.92. The molecule has 0 unspecified atom stereocenters. The van der Waals surface area contributed by atoms with E-state index in [0.29, 0.717) is 11.4 Å².